The molecule has 1 saturated heterocycles. The first-order chi connectivity index (χ1) is 14.6. The van der Waals surface area contributed by atoms with Crippen molar-refractivity contribution in [1.82, 2.24) is 0 Å². The highest BCUT2D eigenvalue weighted by atomic mass is 127. The second-order valence-electron chi connectivity index (χ2n) is 6.75. The third kappa shape index (κ3) is 4.67. The lowest BCUT2D eigenvalue weighted by Crippen LogP contribution is -2.33. The summed E-state index contributed by atoms with van der Waals surface area (Å²) in [7, 11) is 6.35. The summed E-state index contributed by atoms with van der Waals surface area (Å²) in [6, 6.07) is 11.8. The second kappa shape index (κ2) is 10.6. The summed E-state index contributed by atoms with van der Waals surface area (Å²) in [6.07, 6.45) is -1.60. The molecule has 1 fully saturated rings. The van der Waals surface area contributed by atoms with E-state index in [2.05, 4.69) is 28.7 Å². The predicted molar refractivity (Wildman–Crippen MR) is 119 cm³/mol. The molecule has 0 amide bonds. The first-order valence-corrected chi connectivity index (χ1v) is 10.6. The Morgan fingerprint density at radius 3 is 2.10 bits per heavy atom. The van der Waals surface area contributed by atoms with Gasteiger partial charge < -0.3 is 33.5 Å². The fourth-order valence-corrected chi connectivity index (χ4v) is 4.34. The Morgan fingerprint density at radius 1 is 0.900 bits per heavy atom. The molecule has 30 heavy (non-hydrogen) atoms. The Bertz CT molecular complexity index is 819. The van der Waals surface area contributed by atoms with Crippen LogP contribution in [0.25, 0.3) is 0 Å². The maximum atomic E-state index is 9.33. The zero-order chi connectivity index (χ0) is 21.7. The summed E-state index contributed by atoms with van der Waals surface area (Å²) in [5, 5.41) is 9.33. The quantitative estimate of drug-likeness (QED) is 0.498. The minimum atomic E-state index is -0.460. The summed E-state index contributed by atoms with van der Waals surface area (Å²) < 4.78 is 35.8. The van der Waals surface area contributed by atoms with Crippen LogP contribution in [0.3, 0.4) is 0 Å². The van der Waals surface area contributed by atoms with Crippen LogP contribution in [0.1, 0.15) is 23.3 Å². The van der Waals surface area contributed by atoms with Crippen molar-refractivity contribution in [3.8, 4) is 17.2 Å². The lowest BCUT2D eigenvalue weighted by atomic mass is 9.97. The standard InChI is InChI=1S/C22H27IO7/c1-25-16-11-14(12-17(26-2)20(16)27-3)19-22(29-9-8-24)21(28-4)18(30-19)13-6-5-7-15(23)10-13/h5-7,10-12,18-19,21-22,24H,8-9H2,1-4H3. The van der Waals surface area contributed by atoms with Crippen molar-refractivity contribution in [2.75, 3.05) is 41.7 Å². The SMILES string of the molecule is COc1cc(C2OC(c3cccc(I)c3)C(OC)C2OCCO)cc(OC)c1OC. The van der Waals surface area contributed by atoms with Crippen LogP contribution >= 0.6 is 22.6 Å². The van der Waals surface area contributed by atoms with Crippen molar-refractivity contribution in [3.05, 3.63) is 51.1 Å². The molecule has 0 spiro atoms. The number of hydrogen-bond donors (Lipinski definition) is 1. The van der Waals surface area contributed by atoms with Gasteiger partial charge in [0.15, 0.2) is 11.5 Å². The summed E-state index contributed by atoms with van der Waals surface area (Å²) >= 11 is 2.27. The van der Waals surface area contributed by atoms with Crippen LogP contribution in [0.15, 0.2) is 36.4 Å². The maximum Gasteiger partial charge on any atom is 0.203 e. The molecule has 0 saturated carbocycles. The molecule has 0 bridgehead atoms. The van der Waals surface area contributed by atoms with E-state index in [1.807, 2.05) is 30.3 Å². The van der Waals surface area contributed by atoms with E-state index >= 15 is 0 Å². The molecule has 1 aliphatic rings. The van der Waals surface area contributed by atoms with Gasteiger partial charge in [0.1, 0.15) is 24.4 Å². The van der Waals surface area contributed by atoms with Gasteiger partial charge in [-0.1, -0.05) is 12.1 Å². The van der Waals surface area contributed by atoms with Crippen LogP contribution in [0.5, 0.6) is 17.2 Å². The van der Waals surface area contributed by atoms with E-state index in [0.717, 1.165) is 14.7 Å². The molecule has 164 valence electrons. The summed E-state index contributed by atoms with van der Waals surface area (Å²) in [5.41, 5.74) is 1.81. The van der Waals surface area contributed by atoms with Gasteiger partial charge in [-0.15, -0.1) is 0 Å². The van der Waals surface area contributed by atoms with E-state index in [9.17, 15) is 5.11 Å². The fourth-order valence-electron chi connectivity index (χ4n) is 3.77. The zero-order valence-corrected chi connectivity index (χ0v) is 19.6. The molecule has 8 heteroatoms. The molecule has 3 rings (SSSR count). The number of halogens is 1. The van der Waals surface area contributed by atoms with Crippen LogP contribution in [0, 0.1) is 3.57 Å². The Labute approximate surface area is 190 Å². The van der Waals surface area contributed by atoms with Gasteiger partial charge in [-0.2, -0.15) is 0 Å². The minimum Gasteiger partial charge on any atom is -0.493 e. The van der Waals surface area contributed by atoms with Crippen LogP contribution < -0.4 is 14.2 Å². The number of benzene rings is 2. The molecular formula is C22H27IO7. The third-order valence-electron chi connectivity index (χ3n) is 5.08. The first kappa shape index (κ1) is 23.1. The largest absolute Gasteiger partial charge is 0.493 e. The number of aliphatic hydroxyl groups excluding tert-OH is 1. The average Bonchev–Trinajstić information content (AvgIpc) is 3.14. The molecule has 4 atom stereocenters. The Hall–Kier alpha value is -1.59. The van der Waals surface area contributed by atoms with Crippen molar-refractivity contribution in [3.63, 3.8) is 0 Å². The van der Waals surface area contributed by atoms with E-state index in [1.54, 1.807) is 28.4 Å². The van der Waals surface area contributed by atoms with E-state index in [0.29, 0.717) is 17.2 Å². The van der Waals surface area contributed by atoms with Crippen LogP contribution in [0.2, 0.25) is 0 Å². The summed E-state index contributed by atoms with van der Waals surface area (Å²) in [6.45, 7) is 0.0800. The van der Waals surface area contributed by atoms with Crippen molar-refractivity contribution >= 4 is 22.6 Å². The maximum absolute atomic E-state index is 9.33. The van der Waals surface area contributed by atoms with Gasteiger partial charge in [0.05, 0.1) is 34.5 Å². The van der Waals surface area contributed by atoms with Crippen LogP contribution in [-0.2, 0) is 14.2 Å². The molecular weight excluding hydrogens is 503 g/mol. The van der Waals surface area contributed by atoms with Crippen molar-refractivity contribution in [2.24, 2.45) is 0 Å². The molecule has 1 aliphatic heterocycles. The van der Waals surface area contributed by atoms with E-state index in [4.69, 9.17) is 28.4 Å². The number of hydrogen-bond acceptors (Lipinski definition) is 7. The first-order valence-electron chi connectivity index (χ1n) is 9.54. The van der Waals surface area contributed by atoms with Gasteiger partial charge in [-0.3, -0.25) is 0 Å². The van der Waals surface area contributed by atoms with E-state index < -0.39 is 12.2 Å². The van der Waals surface area contributed by atoms with Gasteiger partial charge in [0.2, 0.25) is 5.75 Å². The molecule has 2 aromatic carbocycles. The Kier molecular flexibility index (Phi) is 8.18. The monoisotopic (exact) mass is 530 g/mol. The smallest absolute Gasteiger partial charge is 0.203 e. The van der Waals surface area contributed by atoms with Crippen molar-refractivity contribution in [1.29, 1.82) is 0 Å². The molecule has 0 aromatic heterocycles. The highest BCUT2D eigenvalue weighted by molar-refractivity contribution is 14.1. The number of methoxy groups -OCH3 is 4. The second-order valence-corrected chi connectivity index (χ2v) is 8.00. The molecule has 4 unspecified atom stereocenters. The molecule has 0 aliphatic carbocycles. The van der Waals surface area contributed by atoms with E-state index in [1.165, 1.54) is 0 Å². The van der Waals surface area contributed by atoms with Crippen molar-refractivity contribution in [2.45, 2.75) is 24.4 Å². The number of aliphatic hydroxyl groups is 1. The summed E-state index contributed by atoms with van der Waals surface area (Å²) in [4.78, 5) is 0. The zero-order valence-electron chi connectivity index (χ0n) is 17.5. The lowest BCUT2D eigenvalue weighted by Gasteiger charge is -2.24. The van der Waals surface area contributed by atoms with Crippen molar-refractivity contribution < 1.29 is 33.5 Å². The predicted octanol–water partition coefficient (Wildman–Crippen LogP) is 3.52. The van der Waals surface area contributed by atoms with Gasteiger partial charge in [-0.25, -0.2) is 0 Å². The lowest BCUT2D eigenvalue weighted by molar-refractivity contribution is -0.0601. The Balaban J connectivity index is 2.05. The number of rotatable bonds is 9. The van der Waals surface area contributed by atoms with Gasteiger partial charge in [0, 0.05) is 10.7 Å². The van der Waals surface area contributed by atoms with Gasteiger partial charge in [-0.05, 0) is 58.0 Å². The third-order valence-corrected chi connectivity index (χ3v) is 5.75. The Morgan fingerprint density at radius 2 is 1.57 bits per heavy atom. The van der Waals surface area contributed by atoms with Crippen LogP contribution in [-0.4, -0.2) is 59.0 Å². The van der Waals surface area contributed by atoms with Gasteiger partial charge >= 0.3 is 0 Å². The average molecular weight is 530 g/mol. The van der Waals surface area contributed by atoms with Gasteiger partial charge in [0.25, 0.3) is 0 Å². The topological polar surface area (TPSA) is 75.6 Å². The van der Waals surface area contributed by atoms with Crippen LogP contribution in [0.4, 0.5) is 0 Å². The molecule has 0 radical (unpaired) electrons. The normalized spacial score (nSPS) is 23.4. The van der Waals surface area contributed by atoms with E-state index in [-0.39, 0.29) is 25.4 Å². The molecule has 1 heterocycles. The molecule has 1 N–H and O–H groups in total. The summed E-state index contributed by atoms with van der Waals surface area (Å²) in [5.74, 6) is 1.57. The fraction of sp³-hybridized carbons (Fsp3) is 0.455. The molecule has 2 aromatic rings. The highest BCUT2D eigenvalue weighted by Gasteiger charge is 2.47. The number of ether oxygens (including phenoxy) is 6. The minimum absolute atomic E-state index is 0.0944. The highest BCUT2D eigenvalue weighted by Crippen LogP contribution is 2.48. The molecule has 7 nitrogen and oxygen atoms in total.